The zero-order valence-electron chi connectivity index (χ0n) is 18.8. The van der Waals surface area contributed by atoms with Crippen LogP contribution < -0.4 is 10.6 Å². The quantitative estimate of drug-likeness (QED) is 0.501. The molecule has 0 radical (unpaired) electrons. The van der Waals surface area contributed by atoms with Gasteiger partial charge < -0.3 is 15.6 Å². The maximum atomic E-state index is 12.1. The Balaban J connectivity index is 1.45. The van der Waals surface area contributed by atoms with Crippen molar-refractivity contribution in [2.75, 3.05) is 30.0 Å². The fourth-order valence-corrected chi connectivity index (χ4v) is 5.60. The van der Waals surface area contributed by atoms with Crippen LogP contribution in [0, 0.1) is 0 Å². The second-order valence-corrected chi connectivity index (χ2v) is 11.0. The molecule has 0 unspecified atom stereocenters. The summed E-state index contributed by atoms with van der Waals surface area (Å²) < 4.78 is 25.7. The molecule has 0 aromatic carbocycles. The summed E-state index contributed by atoms with van der Waals surface area (Å²) in [5.74, 6) is 1.23. The van der Waals surface area contributed by atoms with Crippen LogP contribution >= 0.6 is 0 Å². The van der Waals surface area contributed by atoms with Crippen LogP contribution in [0.1, 0.15) is 44.9 Å². The zero-order valence-corrected chi connectivity index (χ0v) is 19.6. The van der Waals surface area contributed by atoms with Gasteiger partial charge in [-0.2, -0.15) is 4.98 Å². The second-order valence-electron chi connectivity index (χ2n) is 9.01. The topological polar surface area (TPSA) is 129 Å². The molecule has 1 aliphatic heterocycles. The zero-order chi connectivity index (χ0) is 22.8. The van der Waals surface area contributed by atoms with E-state index in [2.05, 4.69) is 25.6 Å². The number of hydrogen-bond acceptors (Lipinski definition) is 8. The van der Waals surface area contributed by atoms with Crippen molar-refractivity contribution in [3.63, 3.8) is 0 Å². The largest absolute Gasteiger partial charge is 0.365 e. The third kappa shape index (κ3) is 5.09. The molecule has 176 valence electrons. The Morgan fingerprint density at radius 1 is 1.00 bits per heavy atom. The Morgan fingerprint density at radius 2 is 1.82 bits per heavy atom. The fraction of sp³-hybridized carbons (Fsp3) is 0.545. The molecular weight excluding hydrogens is 440 g/mol. The summed E-state index contributed by atoms with van der Waals surface area (Å²) in [6.45, 7) is 0.966. The third-order valence-corrected chi connectivity index (χ3v) is 7.73. The SMILES string of the molecule is CS(=O)(=O)N1CCC[C@H](Nc2nc(NC3CCCCC3)ncc2-c2cnc3[nH]ccc3n2)C1. The van der Waals surface area contributed by atoms with Gasteiger partial charge in [-0.15, -0.1) is 0 Å². The highest BCUT2D eigenvalue weighted by atomic mass is 32.2. The number of H-pyrrole nitrogens is 1. The van der Waals surface area contributed by atoms with Crippen LogP contribution in [0.15, 0.2) is 24.7 Å². The predicted octanol–water partition coefficient (Wildman–Crippen LogP) is 3.00. The summed E-state index contributed by atoms with van der Waals surface area (Å²) in [5, 5.41) is 6.98. The van der Waals surface area contributed by atoms with Crippen molar-refractivity contribution in [2.45, 2.75) is 57.0 Å². The van der Waals surface area contributed by atoms with Crippen LogP contribution in [0.2, 0.25) is 0 Å². The average molecular weight is 471 g/mol. The molecule has 33 heavy (non-hydrogen) atoms. The van der Waals surface area contributed by atoms with Gasteiger partial charge in [0.25, 0.3) is 0 Å². The summed E-state index contributed by atoms with van der Waals surface area (Å²) in [4.78, 5) is 21.6. The number of nitrogens with zero attached hydrogens (tertiary/aromatic N) is 5. The molecule has 1 saturated carbocycles. The van der Waals surface area contributed by atoms with Gasteiger partial charge in [-0.25, -0.2) is 27.7 Å². The summed E-state index contributed by atoms with van der Waals surface area (Å²) in [6.07, 6.45) is 14.2. The molecule has 0 spiro atoms. The summed E-state index contributed by atoms with van der Waals surface area (Å²) in [6, 6.07) is 2.21. The van der Waals surface area contributed by atoms with Crippen molar-refractivity contribution in [2.24, 2.45) is 0 Å². The number of aromatic nitrogens is 5. The van der Waals surface area contributed by atoms with Gasteiger partial charge in [-0.1, -0.05) is 19.3 Å². The van der Waals surface area contributed by atoms with Gasteiger partial charge in [0, 0.05) is 37.6 Å². The monoisotopic (exact) mass is 470 g/mol. The Kier molecular flexibility index (Phi) is 6.15. The molecule has 0 amide bonds. The lowest BCUT2D eigenvalue weighted by Crippen LogP contribution is -2.44. The van der Waals surface area contributed by atoms with Gasteiger partial charge in [0.05, 0.1) is 23.7 Å². The summed E-state index contributed by atoms with van der Waals surface area (Å²) in [7, 11) is -3.24. The van der Waals surface area contributed by atoms with Gasteiger partial charge in [0.2, 0.25) is 16.0 Å². The first-order chi connectivity index (χ1) is 16.0. The van der Waals surface area contributed by atoms with Crippen molar-refractivity contribution in [1.82, 2.24) is 29.2 Å². The first kappa shape index (κ1) is 22.0. The molecule has 4 heterocycles. The number of sulfonamides is 1. The molecule has 2 fully saturated rings. The average Bonchev–Trinajstić information content (AvgIpc) is 3.28. The van der Waals surface area contributed by atoms with Gasteiger partial charge in [-0.3, -0.25) is 0 Å². The Labute approximate surface area is 193 Å². The number of anilines is 2. The third-order valence-electron chi connectivity index (χ3n) is 6.46. The lowest BCUT2D eigenvalue weighted by molar-refractivity contribution is 0.329. The number of aromatic amines is 1. The molecular formula is C22H30N8O2S. The van der Waals surface area contributed by atoms with Gasteiger partial charge in [-0.05, 0) is 31.7 Å². The molecule has 1 saturated heterocycles. The standard InChI is InChI=1S/C22H30N8O2S/c1-33(31,32)30-11-5-8-16(14-30)26-20-17(19-13-24-21-18(28-19)9-10-23-21)12-25-22(29-20)27-15-6-3-2-4-7-15/h9-10,12-13,15-16H,2-8,11,14H2,1H3,(H,23,24)(H2,25,26,27,29)/t16-/m0/s1. The molecule has 3 aromatic rings. The number of nitrogens with one attached hydrogen (secondary N) is 3. The van der Waals surface area contributed by atoms with Crippen molar-refractivity contribution < 1.29 is 8.42 Å². The van der Waals surface area contributed by atoms with Crippen LogP contribution in [0.3, 0.4) is 0 Å². The maximum Gasteiger partial charge on any atom is 0.224 e. The number of fused-ring (bicyclic) bond motifs is 1. The van der Waals surface area contributed by atoms with E-state index in [-0.39, 0.29) is 6.04 Å². The minimum Gasteiger partial charge on any atom is -0.365 e. The highest BCUT2D eigenvalue weighted by Gasteiger charge is 2.27. The van der Waals surface area contributed by atoms with E-state index in [1.807, 2.05) is 12.3 Å². The number of rotatable bonds is 6. The molecule has 0 bridgehead atoms. The van der Waals surface area contributed by atoms with Crippen molar-refractivity contribution in [1.29, 1.82) is 0 Å². The van der Waals surface area contributed by atoms with E-state index in [1.54, 1.807) is 12.4 Å². The van der Waals surface area contributed by atoms with Crippen LogP contribution in [-0.4, -0.2) is 69.1 Å². The molecule has 1 aliphatic carbocycles. The van der Waals surface area contributed by atoms with Crippen LogP contribution in [0.5, 0.6) is 0 Å². The number of hydrogen-bond donors (Lipinski definition) is 3. The highest BCUT2D eigenvalue weighted by Crippen LogP contribution is 2.29. The smallest absolute Gasteiger partial charge is 0.224 e. The molecule has 10 nitrogen and oxygen atoms in total. The van der Waals surface area contributed by atoms with Crippen LogP contribution in [-0.2, 0) is 10.0 Å². The minimum atomic E-state index is -3.24. The van der Waals surface area contributed by atoms with Crippen molar-refractivity contribution in [3.05, 3.63) is 24.7 Å². The predicted molar refractivity (Wildman–Crippen MR) is 128 cm³/mol. The minimum absolute atomic E-state index is 0.0476. The molecule has 3 N–H and O–H groups in total. The first-order valence-corrected chi connectivity index (χ1v) is 13.5. The van der Waals surface area contributed by atoms with E-state index >= 15 is 0 Å². The first-order valence-electron chi connectivity index (χ1n) is 11.6. The van der Waals surface area contributed by atoms with E-state index in [0.717, 1.165) is 42.4 Å². The molecule has 1 atom stereocenters. The lowest BCUT2D eigenvalue weighted by atomic mass is 9.96. The molecule has 3 aromatic heterocycles. The van der Waals surface area contributed by atoms with Crippen molar-refractivity contribution in [3.8, 4) is 11.3 Å². The van der Waals surface area contributed by atoms with Crippen molar-refractivity contribution >= 4 is 33.0 Å². The van der Waals surface area contributed by atoms with E-state index < -0.39 is 10.0 Å². The van der Waals surface area contributed by atoms with Gasteiger partial charge in [0.1, 0.15) is 11.3 Å². The maximum absolute atomic E-state index is 12.1. The van der Waals surface area contributed by atoms with E-state index in [4.69, 9.17) is 9.97 Å². The Morgan fingerprint density at radius 3 is 2.64 bits per heavy atom. The van der Waals surface area contributed by atoms with E-state index in [0.29, 0.717) is 36.6 Å². The summed E-state index contributed by atoms with van der Waals surface area (Å²) in [5.41, 5.74) is 2.91. The number of piperidine rings is 1. The lowest BCUT2D eigenvalue weighted by Gasteiger charge is -2.32. The molecule has 11 heteroatoms. The van der Waals surface area contributed by atoms with Gasteiger partial charge in [0.15, 0.2) is 5.65 Å². The molecule has 2 aliphatic rings. The molecule has 5 rings (SSSR count). The van der Waals surface area contributed by atoms with Gasteiger partial charge >= 0.3 is 0 Å². The fourth-order valence-electron chi connectivity index (χ4n) is 4.69. The van der Waals surface area contributed by atoms with E-state index in [9.17, 15) is 8.42 Å². The van der Waals surface area contributed by atoms with Crippen LogP contribution in [0.4, 0.5) is 11.8 Å². The van der Waals surface area contributed by atoms with Crippen LogP contribution in [0.25, 0.3) is 22.4 Å². The second kappa shape index (κ2) is 9.22. The summed E-state index contributed by atoms with van der Waals surface area (Å²) >= 11 is 0. The Hall–Kier alpha value is -2.79. The highest BCUT2D eigenvalue weighted by molar-refractivity contribution is 7.88. The van der Waals surface area contributed by atoms with E-state index in [1.165, 1.54) is 29.8 Å². The Bertz CT molecular complexity index is 1220. The normalized spacial score (nSPS) is 20.7.